The minimum atomic E-state index is -0.362. The van der Waals surface area contributed by atoms with Gasteiger partial charge in [0.05, 0.1) is 11.5 Å². The fourth-order valence-electron chi connectivity index (χ4n) is 4.26. The van der Waals surface area contributed by atoms with Gasteiger partial charge in [0, 0.05) is 18.7 Å². The molecular formula is C23H25FN2O2. The van der Waals surface area contributed by atoms with E-state index in [9.17, 15) is 14.0 Å². The molecule has 5 heteroatoms. The number of amides is 2. The van der Waals surface area contributed by atoms with Gasteiger partial charge >= 0.3 is 0 Å². The lowest BCUT2D eigenvalue weighted by molar-refractivity contribution is -0.129. The molecule has 1 saturated heterocycles. The molecule has 0 aromatic heterocycles. The van der Waals surface area contributed by atoms with Crippen LogP contribution in [0.25, 0.3) is 0 Å². The molecule has 28 heavy (non-hydrogen) atoms. The number of carbonyl (C=O) groups excluding carboxylic acids is 2. The molecule has 2 aromatic rings. The molecule has 0 radical (unpaired) electrons. The van der Waals surface area contributed by atoms with Crippen LogP contribution in [0.3, 0.4) is 0 Å². The smallest absolute Gasteiger partial charge is 0.253 e. The first-order valence-corrected chi connectivity index (χ1v) is 10.00. The zero-order valence-electron chi connectivity index (χ0n) is 15.9. The van der Waals surface area contributed by atoms with Gasteiger partial charge in [-0.15, -0.1) is 0 Å². The lowest BCUT2D eigenvalue weighted by Crippen LogP contribution is -2.54. The summed E-state index contributed by atoms with van der Waals surface area (Å²) >= 11 is 0. The van der Waals surface area contributed by atoms with E-state index >= 15 is 0 Å². The Balaban J connectivity index is 1.43. The number of carbonyl (C=O) groups is 2. The highest BCUT2D eigenvalue weighted by atomic mass is 19.1. The molecule has 2 aliphatic rings. The van der Waals surface area contributed by atoms with Gasteiger partial charge in [0.1, 0.15) is 5.82 Å². The van der Waals surface area contributed by atoms with Gasteiger partial charge in [0.2, 0.25) is 5.91 Å². The van der Waals surface area contributed by atoms with Crippen LogP contribution in [0.4, 0.5) is 4.39 Å². The molecule has 1 aliphatic carbocycles. The maximum atomic E-state index is 13.1. The van der Waals surface area contributed by atoms with E-state index in [4.69, 9.17) is 0 Å². The normalized spacial score (nSPS) is 20.9. The molecule has 1 aliphatic heterocycles. The van der Waals surface area contributed by atoms with Crippen molar-refractivity contribution >= 4 is 11.8 Å². The first-order chi connectivity index (χ1) is 13.6. The zero-order valence-corrected chi connectivity index (χ0v) is 15.9. The molecule has 1 heterocycles. The summed E-state index contributed by atoms with van der Waals surface area (Å²) in [5.41, 5.74) is 1.36. The summed E-state index contributed by atoms with van der Waals surface area (Å²) in [7, 11) is 0. The van der Waals surface area contributed by atoms with E-state index in [1.807, 2.05) is 18.2 Å². The van der Waals surface area contributed by atoms with Crippen molar-refractivity contribution in [1.29, 1.82) is 0 Å². The minimum Gasteiger partial charge on any atom is -0.346 e. The van der Waals surface area contributed by atoms with Crippen molar-refractivity contribution in [2.24, 2.45) is 5.92 Å². The SMILES string of the molecule is O=C(NC1(c2ccccc2)CCC1)C1CCCN(C(=O)c2ccc(F)cc2)C1. The maximum absolute atomic E-state index is 13.1. The Morgan fingerprint density at radius 3 is 2.36 bits per heavy atom. The van der Waals surface area contributed by atoms with Gasteiger partial charge in [-0.3, -0.25) is 9.59 Å². The van der Waals surface area contributed by atoms with E-state index in [-0.39, 0.29) is 29.1 Å². The Bertz CT molecular complexity index is 847. The van der Waals surface area contributed by atoms with Crippen LogP contribution in [0.1, 0.15) is 48.0 Å². The van der Waals surface area contributed by atoms with Gasteiger partial charge in [0.15, 0.2) is 0 Å². The molecular weight excluding hydrogens is 355 g/mol. The Morgan fingerprint density at radius 1 is 1.00 bits per heavy atom. The molecule has 2 amide bonds. The average molecular weight is 380 g/mol. The molecule has 1 unspecified atom stereocenters. The standard InChI is InChI=1S/C23H25FN2O2/c24-20-11-9-17(10-12-20)22(28)26-15-4-6-18(16-26)21(27)25-23(13-5-14-23)19-7-2-1-3-8-19/h1-3,7-12,18H,4-6,13-16H2,(H,25,27). The van der Waals surface area contributed by atoms with Crippen molar-refractivity contribution in [3.8, 4) is 0 Å². The van der Waals surface area contributed by atoms with Gasteiger partial charge in [-0.2, -0.15) is 0 Å². The molecule has 1 N–H and O–H groups in total. The number of rotatable bonds is 4. The second-order valence-electron chi connectivity index (χ2n) is 7.89. The van der Waals surface area contributed by atoms with Crippen LogP contribution < -0.4 is 5.32 Å². The summed E-state index contributed by atoms with van der Waals surface area (Å²) in [5.74, 6) is -0.683. The molecule has 0 spiro atoms. The summed E-state index contributed by atoms with van der Waals surface area (Å²) < 4.78 is 13.1. The zero-order chi connectivity index (χ0) is 19.6. The highest BCUT2D eigenvalue weighted by Crippen LogP contribution is 2.41. The van der Waals surface area contributed by atoms with Gasteiger partial charge in [0.25, 0.3) is 5.91 Å². The van der Waals surface area contributed by atoms with Crippen molar-refractivity contribution in [1.82, 2.24) is 10.2 Å². The lowest BCUT2D eigenvalue weighted by Gasteiger charge is -2.44. The van der Waals surface area contributed by atoms with Gasteiger partial charge in [-0.05, 0) is 61.9 Å². The largest absolute Gasteiger partial charge is 0.346 e. The molecule has 1 saturated carbocycles. The lowest BCUT2D eigenvalue weighted by atomic mass is 9.71. The van der Waals surface area contributed by atoms with Gasteiger partial charge in [-0.1, -0.05) is 30.3 Å². The fourth-order valence-corrected chi connectivity index (χ4v) is 4.26. The fraction of sp³-hybridized carbons (Fsp3) is 0.391. The summed E-state index contributed by atoms with van der Waals surface area (Å²) in [5, 5.41) is 3.30. The van der Waals surface area contributed by atoms with Crippen molar-refractivity contribution < 1.29 is 14.0 Å². The number of nitrogens with one attached hydrogen (secondary N) is 1. The summed E-state index contributed by atoms with van der Waals surface area (Å²) in [6.45, 7) is 1.04. The Kier molecular flexibility index (Phi) is 5.16. The first kappa shape index (κ1) is 18.7. The number of hydrogen-bond donors (Lipinski definition) is 1. The number of nitrogens with zero attached hydrogens (tertiary/aromatic N) is 1. The second-order valence-corrected chi connectivity index (χ2v) is 7.89. The Morgan fingerprint density at radius 2 is 1.71 bits per heavy atom. The Labute approximate surface area is 164 Å². The summed E-state index contributed by atoms with van der Waals surface area (Å²) in [4.78, 5) is 27.5. The average Bonchev–Trinajstić information content (AvgIpc) is 2.71. The topological polar surface area (TPSA) is 49.4 Å². The van der Waals surface area contributed by atoms with Gasteiger partial charge < -0.3 is 10.2 Å². The third-order valence-corrected chi connectivity index (χ3v) is 6.07. The molecule has 2 fully saturated rings. The summed E-state index contributed by atoms with van der Waals surface area (Å²) in [6, 6.07) is 15.7. The number of likely N-dealkylation sites (tertiary alicyclic amines) is 1. The maximum Gasteiger partial charge on any atom is 0.253 e. The van der Waals surface area contributed by atoms with E-state index in [2.05, 4.69) is 17.4 Å². The van der Waals surface area contributed by atoms with Crippen LogP contribution in [0.2, 0.25) is 0 Å². The van der Waals surface area contributed by atoms with Crippen LogP contribution in [-0.2, 0) is 10.3 Å². The number of benzene rings is 2. The monoisotopic (exact) mass is 380 g/mol. The molecule has 4 nitrogen and oxygen atoms in total. The van der Waals surface area contributed by atoms with E-state index in [0.29, 0.717) is 18.7 Å². The highest BCUT2D eigenvalue weighted by molar-refractivity contribution is 5.94. The van der Waals surface area contributed by atoms with Gasteiger partial charge in [-0.25, -0.2) is 4.39 Å². The number of piperidine rings is 1. The summed E-state index contributed by atoms with van der Waals surface area (Å²) in [6.07, 6.45) is 4.59. The van der Waals surface area contributed by atoms with E-state index < -0.39 is 0 Å². The van der Waals surface area contributed by atoms with E-state index in [0.717, 1.165) is 37.7 Å². The molecule has 1 atom stereocenters. The number of halogens is 1. The molecule has 2 aromatic carbocycles. The van der Waals surface area contributed by atoms with Crippen LogP contribution in [0, 0.1) is 11.7 Å². The van der Waals surface area contributed by atoms with Crippen LogP contribution in [0.5, 0.6) is 0 Å². The third-order valence-electron chi connectivity index (χ3n) is 6.07. The predicted octanol–water partition coefficient (Wildman–Crippen LogP) is 3.87. The second kappa shape index (κ2) is 7.74. The predicted molar refractivity (Wildman–Crippen MR) is 105 cm³/mol. The quantitative estimate of drug-likeness (QED) is 0.875. The van der Waals surface area contributed by atoms with E-state index in [1.54, 1.807) is 4.90 Å². The van der Waals surface area contributed by atoms with Crippen LogP contribution in [0.15, 0.2) is 54.6 Å². The minimum absolute atomic E-state index is 0.0279. The van der Waals surface area contributed by atoms with Crippen molar-refractivity contribution in [2.45, 2.75) is 37.6 Å². The molecule has 0 bridgehead atoms. The number of hydrogen-bond acceptors (Lipinski definition) is 2. The van der Waals surface area contributed by atoms with Crippen molar-refractivity contribution in [3.63, 3.8) is 0 Å². The molecule has 146 valence electrons. The van der Waals surface area contributed by atoms with Crippen LogP contribution >= 0.6 is 0 Å². The van der Waals surface area contributed by atoms with E-state index in [1.165, 1.54) is 24.3 Å². The third kappa shape index (κ3) is 3.66. The highest BCUT2D eigenvalue weighted by Gasteiger charge is 2.41. The first-order valence-electron chi connectivity index (χ1n) is 10.00. The Hall–Kier alpha value is -2.69. The molecule has 4 rings (SSSR count). The van der Waals surface area contributed by atoms with Crippen molar-refractivity contribution in [3.05, 3.63) is 71.5 Å². The van der Waals surface area contributed by atoms with Crippen LogP contribution in [-0.4, -0.2) is 29.8 Å². The van der Waals surface area contributed by atoms with Crippen molar-refractivity contribution in [2.75, 3.05) is 13.1 Å².